The number of fused-ring (bicyclic) bond motifs is 1. The van der Waals surface area contributed by atoms with Gasteiger partial charge in [-0.2, -0.15) is 0 Å². The molecule has 0 bridgehead atoms. The van der Waals surface area contributed by atoms with Crippen LogP contribution in [0.5, 0.6) is 5.75 Å². The van der Waals surface area contributed by atoms with Gasteiger partial charge in [0.05, 0.1) is 13.2 Å². The zero-order chi connectivity index (χ0) is 11.7. The zero-order valence-corrected chi connectivity index (χ0v) is 9.89. The van der Waals surface area contributed by atoms with Crippen molar-refractivity contribution in [1.29, 1.82) is 0 Å². The van der Waals surface area contributed by atoms with Gasteiger partial charge in [-0.15, -0.1) is 0 Å². The van der Waals surface area contributed by atoms with Crippen LogP contribution in [0.4, 0.5) is 0 Å². The maximum Gasteiger partial charge on any atom is 0.119 e. The fraction of sp³-hybridized carbons (Fsp3) is 0.286. The van der Waals surface area contributed by atoms with E-state index >= 15 is 0 Å². The third-order valence-electron chi connectivity index (χ3n) is 3.34. The first-order valence-corrected chi connectivity index (χ1v) is 5.93. The van der Waals surface area contributed by atoms with E-state index in [0.717, 1.165) is 18.6 Å². The van der Waals surface area contributed by atoms with Gasteiger partial charge in [0, 0.05) is 12.4 Å². The molecule has 1 aliphatic rings. The Hall–Kier alpha value is -1.90. The number of hydrogen-bond donors (Lipinski definition) is 1. The molecule has 1 unspecified atom stereocenters. The summed E-state index contributed by atoms with van der Waals surface area (Å²) in [5, 5.41) is 0. The molecule has 3 rings (SSSR count). The van der Waals surface area contributed by atoms with E-state index in [9.17, 15) is 0 Å². The normalized spacial score (nSPS) is 17.8. The molecule has 3 heteroatoms. The Kier molecular flexibility index (Phi) is 2.52. The van der Waals surface area contributed by atoms with Gasteiger partial charge in [0.25, 0.3) is 0 Å². The molecule has 1 aliphatic carbocycles. The number of rotatable bonds is 3. The average molecular weight is 228 g/mol. The molecular formula is C14H16N2O. The Balaban J connectivity index is 1.87. The van der Waals surface area contributed by atoms with Crippen LogP contribution in [0, 0.1) is 0 Å². The summed E-state index contributed by atoms with van der Waals surface area (Å²) in [4.78, 5) is 0. The highest BCUT2D eigenvalue weighted by Gasteiger charge is 2.22. The van der Waals surface area contributed by atoms with Crippen molar-refractivity contribution < 1.29 is 4.74 Å². The van der Waals surface area contributed by atoms with Crippen molar-refractivity contribution in [3.05, 3.63) is 53.9 Å². The second-order valence-electron chi connectivity index (χ2n) is 4.38. The maximum absolute atomic E-state index is 5.29. The summed E-state index contributed by atoms with van der Waals surface area (Å²) in [6, 6.07) is 10.8. The highest BCUT2D eigenvalue weighted by atomic mass is 16.5. The topological polar surface area (TPSA) is 26.2 Å². The van der Waals surface area contributed by atoms with Crippen molar-refractivity contribution in [3.63, 3.8) is 0 Å². The van der Waals surface area contributed by atoms with Crippen LogP contribution in [-0.2, 0) is 6.42 Å². The molecule has 2 aromatic rings. The van der Waals surface area contributed by atoms with E-state index in [2.05, 4.69) is 17.6 Å². The van der Waals surface area contributed by atoms with Crippen LogP contribution < -0.4 is 10.2 Å². The van der Waals surface area contributed by atoms with Crippen LogP contribution in [0.1, 0.15) is 23.6 Å². The van der Waals surface area contributed by atoms with Crippen molar-refractivity contribution in [1.82, 2.24) is 4.68 Å². The molecule has 0 fully saturated rings. The van der Waals surface area contributed by atoms with Gasteiger partial charge in [-0.25, -0.2) is 0 Å². The minimum absolute atomic E-state index is 0.382. The van der Waals surface area contributed by atoms with E-state index in [1.807, 2.05) is 35.3 Å². The smallest absolute Gasteiger partial charge is 0.119 e. The molecule has 1 aromatic carbocycles. The minimum atomic E-state index is 0.382. The lowest BCUT2D eigenvalue weighted by molar-refractivity contribution is 0.414. The van der Waals surface area contributed by atoms with Gasteiger partial charge in [0.2, 0.25) is 0 Å². The van der Waals surface area contributed by atoms with E-state index in [-0.39, 0.29) is 0 Å². The Labute approximate surface area is 101 Å². The first kappa shape index (κ1) is 10.3. The molecule has 1 atom stereocenters. The summed E-state index contributed by atoms with van der Waals surface area (Å²) in [7, 11) is 1.71. The molecule has 0 saturated heterocycles. The van der Waals surface area contributed by atoms with E-state index in [0.29, 0.717) is 6.04 Å². The van der Waals surface area contributed by atoms with Crippen LogP contribution in [-0.4, -0.2) is 11.8 Å². The molecule has 0 aliphatic heterocycles. The van der Waals surface area contributed by atoms with Crippen LogP contribution in [0.2, 0.25) is 0 Å². The van der Waals surface area contributed by atoms with E-state index in [1.165, 1.54) is 11.1 Å². The summed E-state index contributed by atoms with van der Waals surface area (Å²) in [5.74, 6) is 0.935. The van der Waals surface area contributed by atoms with Crippen molar-refractivity contribution in [3.8, 4) is 5.75 Å². The number of benzene rings is 1. The van der Waals surface area contributed by atoms with Crippen molar-refractivity contribution in [2.75, 3.05) is 12.5 Å². The quantitative estimate of drug-likeness (QED) is 0.874. The second-order valence-corrected chi connectivity index (χ2v) is 4.38. The van der Waals surface area contributed by atoms with Gasteiger partial charge in [-0.05, 0) is 48.2 Å². The van der Waals surface area contributed by atoms with E-state index < -0.39 is 0 Å². The summed E-state index contributed by atoms with van der Waals surface area (Å²) in [5.41, 5.74) is 6.28. The maximum atomic E-state index is 5.29. The van der Waals surface area contributed by atoms with Gasteiger partial charge in [-0.3, -0.25) is 4.68 Å². The van der Waals surface area contributed by atoms with Gasteiger partial charge < -0.3 is 10.2 Å². The Morgan fingerprint density at radius 2 is 2.12 bits per heavy atom. The number of aryl methyl sites for hydroxylation is 1. The van der Waals surface area contributed by atoms with Crippen LogP contribution >= 0.6 is 0 Å². The summed E-state index contributed by atoms with van der Waals surface area (Å²) in [6.45, 7) is 0. The number of hydrogen-bond acceptors (Lipinski definition) is 2. The molecule has 88 valence electrons. The third kappa shape index (κ3) is 1.88. The van der Waals surface area contributed by atoms with Crippen molar-refractivity contribution in [2.24, 2.45) is 0 Å². The monoisotopic (exact) mass is 228 g/mol. The SMILES string of the molecule is COc1ccc2c(c1)C(Nn1cccc1)CC2. The minimum Gasteiger partial charge on any atom is -0.497 e. The fourth-order valence-electron chi connectivity index (χ4n) is 2.44. The lowest BCUT2D eigenvalue weighted by atomic mass is 10.1. The predicted octanol–water partition coefficient (Wildman–Crippen LogP) is 2.73. The molecule has 17 heavy (non-hydrogen) atoms. The molecule has 0 amide bonds. The predicted molar refractivity (Wildman–Crippen MR) is 67.8 cm³/mol. The molecule has 1 N–H and O–H groups in total. The Morgan fingerprint density at radius 1 is 1.29 bits per heavy atom. The third-order valence-corrected chi connectivity index (χ3v) is 3.34. The molecule has 0 radical (unpaired) electrons. The molecule has 0 saturated carbocycles. The highest BCUT2D eigenvalue weighted by molar-refractivity contribution is 5.41. The first-order chi connectivity index (χ1) is 8.36. The average Bonchev–Trinajstić information content (AvgIpc) is 2.99. The van der Waals surface area contributed by atoms with Crippen LogP contribution in [0.25, 0.3) is 0 Å². The van der Waals surface area contributed by atoms with Gasteiger partial charge >= 0.3 is 0 Å². The summed E-state index contributed by atoms with van der Waals surface area (Å²) >= 11 is 0. The first-order valence-electron chi connectivity index (χ1n) is 5.93. The van der Waals surface area contributed by atoms with Gasteiger partial charge in [0.1, 0.15) is 5.75 Å². The van der Waals surface area contributed by atoms with Gasteiger partial charge in [-0.1, -0.05) is 6.07 Å². The Bertz CT molecular complexity index is 505. The number of ether oxygens (including phenoxy) is 1. The van der Waals surface area contributed by atoms with Crippen LogP contribution in [0.15, 0.2) is 42.7 Å². The standard InChI is InChI=1S/C14H16N2O/c1-17-12-6-4-11-5-7-14(13(11)10-12)15-16-8-2-3-9-16/h2-4,6,8-10,14-15H,5,7H2,1H3. The largest absolute Gasteiger partial charge is 0.497 e. The van der Waals surface area contributed by atoms with Crippen LogP contribution in [0.3, 0.4) is 0 Å². The summed E-state index contributed by atoms with van der Waals surface area (Å²) < 4.78 is 7.30. The Morgan fingerprint density at radius 3 is 2.88 bits per heavy atom. The molecule has 3 nitrogen and oxygen atoms in total. The van der Waals surface area contributed by atoms with Gasteiger partial charge in [0.15, 0.2) is 0 Å². The molecule has 1 heterocycles. The fourth-order valence-corrected chi connectivity index (χ4v) is 2.44. The lowest BCUT2D eigenvalue weighted by Crippen LogP contribution is -2.17. The highest BCUT2D eigenvalue weighted by Crippen LogP contribution is 2.34. The number of methoxy groups -OCH3 is 1. The van der Waals surface area contributed by atoms with E-state index in [1.54, 1.807) is 7.11 Å². The van der Waals surface area contributed by atoms with Crippen molar-refractivity contribution in [2.45, 2.75) is 18.9 Å². The lowest BCUT2D eigenvalue weighted by Gasteiger charge is -2.16. The molecule has 1 aromatic heterocycles. The van der Waals surface area contributed by atoms with E-state index in [4.69, 9.17) is 4.74 Å². The number of nitrogens with zero attached hydrogens (tertiary/aromatic N) is 1. The number of aromatic nitrogens is 1. The second kappa shape index (κ2) is 4.17. The summed E-state index contributed by atoms with van der Waals surface area (Å²) in [6.07, 6.45) is 6.33. The zero-order valence-electron chi connectivity index (χ0n) is 9.89. The van der Waals surface area contributed by atoms with Crippen molar-refractivity contribution >= 4 is 0 Å². The number of nitrogens with one attached hydrogen (secondary N) is 1. The molecular weight excluding hydrogens is 212 g/mol. The molecule has 0 spiro atoms.